The quantitative estimate of drug-likeness (QED) is 0.736. The summed E-state index contributed by atoms with van der Waals surface area (Å²) in [5, 5.41) is 4.58. The van der Waals surface area contributed by atoms with Gasteiger partial charge in [0.2, 0.25) is 0 Å². The minimum atomic E-state index is -0.325. The molecule has 0 saturated carbocycles. The van der Waals surface area contributed by atoms with Crippen molar-refractivity contribution >= 4 is 11.4 Å². The van der Waals surface area contributed by atoms with Crippen molar-refractivity contribution < 1.29 is 9.18 Å². The van der Waals surface area contributed by atoms with E-state index in [1.54, 1.807) is 12.1 Å². The van der Waals surface area contributed by atoms with Crippen LogP contribution in [0.4, 0.5) is 4.39 Å². The summed E-state index contributed by atoms with van der Waals surface area (Å²) in [4.78, 5) is 16.6. The van der Waals surface area contributed by atoms with E-state index < -0.39 is 0 Å². The average molecular weight is 338 g/mol. The Morgan fingerprint density at radius 2 is 1.80 bits per heavy atom. The summed E-state index contributed by atoms with van der Waals surface area (Å²) in [6.45, 7) is 3.73. The number of nitrogens with zero attached hydrogens (tertiary/aromatic N) is 4. The van der Waals surface area contributed by atoms with Crippen LogP contribution in [0.15, 0.2) is 54.7 Å². The minimum absolute atomic E-state index is 0.0348. The Bertz CT molecular complexity index is 849. The fourth-order valence-electron chi connectivity index (χ4n) is 3.18. The largest absolute Gasteiger partial charge is 0.336 e. The molecule has 2 aromatic heterocycles. The molecule has 1 aliphatic heterocycles. The van der Waals surface area contributed by atoms with Crippen molar-refractivity contribution in [3.63, 3.8) is 0 Å². The van der Waals surface area contributed by atoms with Crippen molar-refractivity contribution in [2.45, 2.75) is 6.54 Å². The number of aromatic nitrogens is 2. The zero-order valence-corrected chi connectivity index (χ0v) is 13.8. The maximum absolute atomic E-state index is 13.0. The molecule has 6 heteroatoms. The molecule has 0 bridgehead atoms. The topological polar surface area (TPSA) is 40.9 Å². The SMILES string of the molecule is O=C(c1ccc(F)cc1)N1CCN(Cc2cc3ccccn3n2)CC1. The molecule has 5 nitrogen and oxygen atoms in total. The van der Waals surface area contributed by atoms with Crippen LogP contribution in [0.3, 0.4) is 0 Å². The number of piperazine rings is 1. The molecule has 128 valence electrons. The molecule has 1 saturated heterocycles. The van der Waals surface area contributed by atoms with Crippen LogP contribution >= 0.6 is 0 Å². The van der Waals surface area contributed by atoms with Crippen LogP contribution in [-0.4, -0.2) is 51.5 Å². The highest BCUT2D eigenvalue weighted by Gasteiger charge is 2.22. The molecule has 0 spiro atoms. The van der Waals surface area contributed by atoms with Gasteiger partial charge in [-0.2, -0.15) is 5.10 Å². The Hall–Kier alpha value is -2.73. The molecule has 4 rings (SSSR count). The van der Waals surface area contributed by atoms with Crippen molar-refractivity contribution in [3.8, 4) is 0 Å². The molecule has 1 aromatic carbocycles. The molecular formula is C19H19FN4O. The van der Waals surface area contributed by atoms with Gasteiger partial charge in [0.05, 0.1) is 11.2 Å². The van der Waals surface area contributed by atoms with Gasteiger partial charge >= 0.3 is 0 Å². The van der Waals surface area contributed by atoms with E-state index in [2.05, 4.69) is 16.1 Å². The number of fused-ring (bicyclic) bond motifs is 1. The molecule has 0 radical (unpaired) electrons. The Kier molecular flexibility index (Phi) is 4.19. The molecule has 3 heterocycles. The van der Waals surface area contributed by atoms with Crippen LogP contribution in [0.25, 0.3) is 5.52 Å². The zero-order chi connectivity index (χ0) is 17.2. The summed E-state index contributed by atoms with van der Waals surface area (Å²) in [7, 11) is 0. The Balaban J connectivity index is 1.36. The van der Waals surface area contributed by atoms with E-state index in [1.807, 2.05) is 33.8 Å². The zero-order valence-electron chi connectivity index (χ0n) is 13.8. The minimum Gasteiger partial charge on any atom is -0.336 e. The highest BCUT2D eigenvalue weighted by molar-refractivity contribution is 5.94. The first-order valence-corrected chi connectivity index (χ1v) is 8.39. The van der Waals surface area contributed by atoms with Crippen LogP contribution in [0.1, 0.15) is 16.1 Å². The lowest BCUT2D eigenvalue weighted by Crippen LogP contribution is -2.48. The third kappa shape index (κ3) is 3.39. The fourth-order valence-corrected chi connectivity index (χ4v) is 3.18. The summed E-state index contributed by atoms with van der Waals surface area (Å²) >= 11 is 0. The summed E-state index contributed by atoms with van der Waals surface area (Å²) < 4.78 is 14.9. The molecule has 0 N–H and O–H groups in total. The van der Waals surface area contributed by atoms with Gasteiger partial charge in [-0.3, -0.25) is 9.69 Å². The Morgan fingerprint density at radius 1 is 1.04 bits per heavy atom. The van der Waals surface area contributed by atoms with Crippen molar-refractivity contribution in [3.05, 3.63) is 71.8 Å². The molecule has 0 unspecified atom stereocenters. The van der Waals surface area contributed by atoms with Gasteiger partial charge in [0, 0.05) is 44.5 Å². The lowest BCUT2D eigenvalue weighted by Gasteiger charge is -2.34. The van der Waals surface area contributed by atoms with Crippen LogP contribution in [0, 0.1) is 5.82 Å². The number of hydrogen-bond acceptors (Lipinski definition) is 3. The van der Waals surface area contributed by atoms with Gasteiger partial charge in [-0.1, -0.05) is 6.07 Å². The van der Waals surface area contributed by atoms with Gasteiger partial charge in [-0.25, -0.2) is 8.91 Å². The summed E-state index contributed by atoms with van der Waals surface area (Å²) in [6.07, 6.45) is 1.94. The van der Waals surface area contributed by atoms with Gasteiger partial charge in [0.15, 0.2) is 0 Å². The lowest BCUT2D eigenvalue weighted by atomic mass is 10.1. The second kappa shape index (κ2) is 6.64. The lowest BCUT2D eigenvalue weighted by molar-refractivity contribution is 0.0627. The van der Waals surface area contributed by atoms with Gasteiger partial charge < -0.3 is 4.90 Å². The molecule has 25 heavy (non-hydrogen) atoms. The number of benzene rings is 1. The smallest absolute Gasteiger partial charge is 0.253 e. The number of hydrogen-bond donors (Lipinski definition) is 0. The molecule has 0 atom stereocenters. The summed E-state index contributed by atoms with van der Waals surface area (Å²) in [5.41, 5.74) is 2.65. The maximum Gasteiger partial charge on any atom is 0.253 e. The molecular weight excluding hydrogens is 319 g/mol. The standard InChI is InChI=1S/C19H19FN4O/c20-16-6-4-15(5-7-16)19(25)23-11-9-22(10-12-23)14-17-13-18-3-1-2-8-24(18)21-17/h1-8,13H,9-12,14H2. The van der Waals surface area contributed by atoms with E-state index in [0.717, 1.165) is 30.8 Å². The number of carbonyl (C=O) groups is 1. The summed E-state index contributed by atoms with van der Waals surface area (Å²) in [6, 6.07) is 13.8. The van der Waals surface area contributed by atoms with Crippen LogP contribution in [-0.2, 0) is 6.54 Å². The second-order valence-corrected chi connectivity index (χ2v) is 6.28. The van der Waals surface area contributed by atoms with Gasteiger partial charge in [-0.05, 0) is 42.5 Å². The van der Waals surface area contributed by atoms with Crippen LogP contribution in [0.5, 0.6) is 0 Å². The maximum atomic E-state index is 13.0. The van der Waals surface area contributed by atoms with Gasteiger partial charge in [-0.15, -0.1) is 0 Å². The number of halogens is 1. The normalized spacial score (nSPS) is 15.6. The van der Waals surface area contributed by atoms with Crippen LogP contribution in [0.2, 0.25) is 0 Å². The Morgan fingerprint density at radius 3 is 2.52 bits per heavy atom. The average Bonchev–Trinajstić information content (AvgIpc) is 3.05. The molecule has 0 aliphatic carbocycles. The van der Waals surface area contributed by atoms with Crippen molar-refractivity contribution in [1.82, 2.24) is 19.4 Å². The van der Waals surface area contributed by atoms with E-state index in [9.17, 15) is 9.18 Å². The highest BCUT2D eigenvalue weighted by atomic mass is 19.1. The Labute approximate surface area is 145 Å². The first kappa shape index (κ1) is 15.8. The van der Waals surface area contributed by atoms with Crippen molar-refractivity contribution in [2.24, 2.45) is 0 Å². The number of rotatable bonds is 3. The van der Waals surface area contributed by atoms with E-state index in [4.69, 9.17) is 0 Å². The number of amides is 1. The fraction of sp³-hybridized carbons (Fsp3) is 0.263. The number of pyridine rings is 1. The van der Waals surface area contributed by atoms with Gasteiger partial charge in [0.1, 0.15) is 5.82 Å². The first-order valence-electron chi connectivity index (χ1n) is 8.39. The highest BCUT2D eigenvalue weighted by Crippen LogP contribution is 2.13. The molecule has 1 amide bonds. The summed E-state index contributed by atoms with van der Waals surface area (Å²) in [5.74, 6) is -0.360. The molecule has 3 aromatic rings. The third-order valence-corrected chi connectivity index (χ3v) is 4.56. The van der Waals surface area contributed by atoms with E-state index in [1.165, 1.54) is 12.1 Å². The van der Waals surface area contributed by atoms with Crippen molar-refractivity contribution in [1.29, 1.82) is 0 Å². The van der Waals surface area contributed by atoms with E-state index in [-0.39, 0.29) is 11.7 Å². The van der Waals surface area contributed by atoms with Gasteiger partial charge in [0.25, 0.3) is 5.91 Å². The third-order valence-electron chi connectivity index (χ3n) is 4.56. The molecule has 1 aliphatic rings. The predicted octanol–water partition coefficient (Wildman–Crippen LogP) is 2.43. The van der Waals surface area contributed by atoms with E-state index >= 15 is 0 Å². The second-order valence-electron chi connectivity index (χ2n) is 6.28. The predicted molar refractivity (Wildman–Crippen MR) is 92.8 cm³/mol. The first-order chi connectivity index (χ1) is 12.2. The molecule has 1 fully saturated rings. The van der Waals surface area contributed by atoms with Crippen LogP contribution < -0.4 is 0 Å². The van der Waals surface area contributed by atoms with E-state index in [0.29, 0.717) is 18.7 Å². The number of carbonyl (C=O) groups excluding carboxylic acids is 1. The van der Waals surface area contributed by atoms with Crippen molar-refractivity contribution in [2.75, 3.05) is 26.2 Å². The monoisotopic (exact) mass is 338 g/mol.